The molecule has 1 aliphatic heterocycles. The van der Waals surface area contributed by atoms with Gasteiger partial charge in [0, 0.05) is 12.3 Å². The maximum absolute atomic E-state index is 11.7. The lowest BCUT2D eigenvalue weighted by Gasteiger charge is -2.23. The molecule has 4 heteroatoms. The van der Waals surface area contributed by atoms with Crippen molar-refractivity contribution < 1.29 is 9.53 Å². The van der Waals surface area contributed by atoms with Gasteiger partial charge in [-0.3, -0.25) is 4.79 Å². The molecule has 1 heterocycles. The fourth-order valence-electron chi connectivity index (χ4n) is 2.52. The van der Waals surface area contributed by atoms with Gasteiger partial charge in [-0.05, 0) is 35.4 Å². The van der Waals surface area contributed by atoms with E-state index >= 15 is 0 Å². The normalized spacial score (nSPS) is 17.9. The third-order valence-corrected chi connectivity index (χ3v) is 3.61. The number of rotatable bonds is 3. The summed E-state index contributed by atoms with van der Waals surface area (Å²) in [7, 11) is 1.64. The largest absolute Gasteiger partial charge is 0.497 e. The standard InChI is InChI=1S/C17H16N2O2/c1-21-14-9-7-13(8-10-14)17-15(11-16(20)18-19-17)12-5-3-2-4-6-12/h2-10,15H,11H2,1H3,(H,18,20). The average Bonchev–Trinajstić information content (AvgIpc) is 2.56. The van der Waals surface area contributed by atoms with Crippen LogP contribution in [0.15, 0.2) is 59.7 Å². The number of carbonyl (C=O) groups excluding carboxylic acids is 1. The van der Waals surface area contributed by atoms with Crippen LogP contribution in [0.5, 0.6) is 5.75 Å². The summed E-state index contributed by atoms with van der Waals surface area (Å²) in [5, 5.41) is 4.27. The first-order chi connectivity index (χ1) is 10.3. The lowest BCUT2D eigenvalue weighted by Crippen LogP contribution is -2.32. The predicted octanol–water partition coefficient (Wildman–Crippen LogP) is 2.70. The number of hydrazone groups is 1. The summed E-state index contributed by atoms with van der Waals surface area (Å²) in [6.07, 6.45) is 0.412. The van der Waals surface area contributed by atoms with Crippen molar-refractivity contribution in [2.24, 2.45) is 5.10 Å². The minimum Gasteiger partial charge on any atom is -0.497 e. The molecule has 0 aromatic heterocycles. The van der Waals surface area contributed by atoms with Crippen LogP contribution in [0.4, 0.5) is 0 Å². The molecule has 0 spiro atoms. The zero-order chi connectivity index (χ0) is 14.7. The van der Waals surface area contributed by atoms with E-state index in [2.05, 4.69) is 10.5 Å². The molecule has 0 saturated carbocycles. The van der Waals surface area contributed by atoms with Crippen molar-refractivity contribution in [2.75, 3.05) is 7.11 Å². The minimum absolute atomic E-state index is 0.0201. The van der Waals surface area contributed by atoms with Crippen molar-refractivity contribution in [2.45, 2.75) is 12.3 Å². The summed E-state index contributed by atoms with van der Waals surface area (Å²) >= 11 is 0. The molecule has 1 amide bonds. The van der Waals surface area contributed by atoms with Crippen LogP contribution in [-0.2, 0) is 4.79 Å². The zero-order valence-electron chi connectivity index (χ0n) is 11.7. The molecule has 2 aromatic carbocycles. The van der Waals surface area contributed by atoms with Gasteiger partial charge >= 0.3 is 0 Å². The van der Waals surface area contributed by atoms with Crippen LogP contribution in [0.2, 0.25) is 0 Å². The lowest BCUT2D eigenvalue weighted by molar-refractivity contribution is -0.121. The zero-order valence-corrected chi connectivity index (χ0v) is 11.7. The van der Waals surface area contributed by atoms with Crippen LogP contribution in [-0.4, -0.2) is 18.7 Å². The van der Waals surface area contributed by atoms with Gasteiger partial charge in [-0.2, -0.15) is 5.10 Å². The number of benzene rings is 2. The Kier molecular flexibility index (Phi) is 3.69. The van der Waals surface area contributed by atoms with E-state index in [4.69, 9.17) is 4.74 Å². The van der Waals surface area contributed by atoms with Crippen LogP contribution in [0.1, 0.15) is 23.5 Å². The second-order valence-electron chi connectivity index (χ2n) is 4.93. The van der Waals surface area contributed by atoms with Gasteiger partial charge in [0.2, 0.25) is 5.91 Å². The number of ether oxygens (including phenoxy) is 1. The van der Waals surface area contributed by atoms with Gasteiger partial charge in [-0.1, -0.05) is 30.3 Å². The third-order valence-electron chi connectivity index (χ3n) is 3.61. The van der Waals surface area contributed by atoms with E-state index in [-0.39, 0.29) is 11.8 Å². The average molecular weight is 280 g/mol. The van der Waals surface area contributed by atoms with Gasteiger partial charge < -0.3 is 4.74 Å². The van der Waals surface area contributed by atoms with E-state index in [1.165, 1.54) is 0 Å². The monoisotopic (exact) mass is 280 g/mol. The summed E-state index contributed by atoms with van der Waals surface area (Å²) < 4.78 is 5.18. The maximum atomic E-state index is 11.7. The SMILES string of the molecule is COc1ccc(C2=NNC(=O)CC2c2ccccc2)cc1. The summed E-state index contributed by atoms with van der Waals surface area (Å²) in [6, 6.07) is 17.7. The number of nitrogens with zero attached hydrogens (tertiary/aromatic N) is 1. The highest BCUT2D eigenvalue weighted by Gasteiger charge is 2.26. The Hall–Kier alpha value is -2.62. The highest BCUT2D eigenvalue weighted by molar-refractivity contribution is 6.08. The van der Waals surface area contributed by atoms with Crippen molar-refractivity contribution >= 4 is 11.6 Å². The molecule has 1 N–H and O–H groups in total. The van der Waals surface area contributed by atoms with E-state index < -0.39 is 0 Å². The molecule has 1 aliphatic rings. The molecule has 0 aliphatic carbocycles. The van der Waals surface area contributed by atoms with E-state index in [9.17, 15) is 4.79 Å². The summed E-state index contributed by atoms with van der Waals surface area (Å²) in [6.45, 7) is 0. The molecule has 21 heavy (non-hydrogen) atoms. The summed E-state index contributed by atoms with van der Waals surface area (Å²) in [5.74, 6) is 0.727. The number of amides is 1. The fraction of sp³-hybridized carbons (Fsp3) is 0.176. The molecule has 2 aromatic rings. The second kappa shape index (κ2) is 5.79. The highest BCUT2D eigenvalue weighted by Crippen LogP contribution is 2.28. The van der Waals surface area contributed by atoms with Crippen LogP contribution >= 0.6 is 0 Å². The number of hydrogen-bond donors (Lipinski definition) is 1. The Labute approximate surface area is 123 Å². The first kappa shape index (κ1) is 13.4. The van der Waals surface area contributed by atoms with Crippen molar-refractivity contribution in [3.05, 3.63) is 65.7 Å². The van der Waals surface area contributed by atoms with Gasteiger partial charge in [0.15, 0.2) is 0 Å². The quantitative estimate of drug-likeness (QED) is 0.939. The molecular formula is C17H16N2O2. The predicted molar refractivity (Wildman–Crippen MR) is 81.5 cm³/mol. The molecular weight excluding hydrogens is 264 g/mol. The van der Waals surface area contributed by atoms with E-state index in [0.29, 0.717) is 6.42 Å². The Morgan fingerprint density at radius 3 is 2.48 bits per heavy atom. The molecule has 0 saturated heterocycles. The first-order valence-electron chi connectivity index (χ1n) is 6.83. The number of hydrogen-bond acceptors (Lipinski definition) is 3. The van der Waals surface area contributed by atoms with Crippen LogP contribution < -0.4 is 10.2 Å². The fourth-order valence-corrected chi connectivity index (χ4v) is 2.52. The van der Waals surface area contributed by atoms with Gasteiger partial charge in [0.05, 0.1) is 12.8 Å². The van der Waals surface area contributed by atoms with E-state index in [0.717, 1.165) is 22.6 Å². The van der Waals surface area contributed by atoms with E-state index in [1.54, 1.807) is 7.11 Å². The molecule has 4 nitrogen and oxygen atoms in total. The summed E-state index contributed by atoms with van der Waals surface area (Å²) in [4.78, 5) is 11.7. The van der Waals surface area contributed by atoms with Gasteiger partial charge in [0.25, 0.3) is 0 Å². The Balaban J connectivity index is 1.98. The third kappa shape index (κ3) is 2.79. The molecule has 0 radical (unpaired) electrons. The first-order valence-corrected chi connectivity index (χ1v) is 6.83. The van der Waals surface area contributed by atoms with Gasteiger partial charge in [-0.25, -0.2) is 5.43 Å². The van der Waals surface area contributed by atoms with Crippen molar-refractivity contribution in [3.63, 3.8) is 0 Å². The van der Waals surface area contributed by atoms with Crippen LogP contribution in [0.3, 0.4) is 0 Å². The Morgan fingerprint density at radius 2 is 1.81 bits per heavy atom. The van der Waals surface area contributed by atoms with Crippen LogP contribution in [0.25, 0.3) is 0 Å². The van der Waals surface area contributed by atoms with Crippen molar-refractivity contribution in [1.82, 2.24) is 5.43 Å². The molecule has 3 rings (SSSR count). The minimum atomic E-state index is -0.0545. The molecule has 0 bridgehead atoms. The number of nitrogens with one attached hydrogen (secondary N) is 1. The number of methoxy groups -OCH3 is 1. The summed E-state index contributed by atoms with van der Waals surface area (Å²) in [5.41, 5.74) is 5.54. The molecule has 1 unspecified atom stereocenters. The second-order valence-corrected chi connectivity index (χ2v) is 4.93. The molecule has 1 atom stereocenters. The Morgan fingerprint density at radius 1 is 1.10 bits per heavy atom. The van der Waals surface area contributed by atoms with Crippen molar-refractivity contribution in [1.29, 1.82) is 0 Å². The smallest absolute Gasteiger partial charge is 0.241 e. The van der Waals surface area contributed by atoms with Gasteiger partial charge in [0.1, 0.15) is 5.75 Å². The van der Waals surface area contributed by atoms with Crippen LogP contribution in [0, 0.1) is 0 Å². The lowest BCUT2D eigenvalue weighted by atomic mass is 9.86. The topological polar surface area (TPSA) is 50.7 Å². The molecule has 0 fully saturated rings. The number of carbonyl (C=O) groups is 1. The Bertz CT molecular complexity index is 663. The van der Waals surface area contributed by atoms with Crippen molar-refractivity contribution in [3.8, 4) is 5.75 Å². The highest BCUT2D eigenvalue weighted by atomic mass is 16.5. The van der Waals surface area contributed by atoms with Gasteiger partial charge in [-0.15, -0.1) is 0 Å². The van der Waals surface area contributed by atoms with E-state index in [1.807, 2.05) is 54.6 Å². The maximum Gasteiger partial charge on any atom is 0.241 e. The molecule has 106 valence electrons.